The van der Waals surface area contributed by atoms with Gasteiger partial charge in [0.1, 0.15) is 12.2 Å². The van der Waals surface area contributed by atoms with Gasteiger partial charge in [-0.1, -0.05) is 18.2 Å². The zero-order chi connectivity index (χ0) is 16.4. The van der Waals surface area contributed by atoms with Gasteiger partial charge < -0.3 is 4.40 Å². The van der Waals surface area contributed by atoms with Gasteiger partial charge in [0.25, 0.3) is 5.91 Å². The Balaban J connectivity index is 1.99. The van der Waals surface area contributed by atoms with E-state index < -0.39 is 18.6 Å². The number of hydrogen-bond acceptors (Lipinski definition) is 2. The average Bonchev–Trinajstić information content (AvgIpc) is 2.99. The quantitative estimate of drug-likeness (QED) is 0.740. The number of fused-ring (bicyclic) bond motifs is 1. The van der Waals surface area contributed by atoms with E-state index in [1.807, 2.05) is 0 Å². The van der Waals surface area contributed by atoms with E-state index in [-0.39, 0.29) is 11.3 Å². The highest BCUT2D eigenvalue weighted by Crippen LogP contribution is 2.24. The number of carbonyl (C=O) groups is 1. The summed E-state index contributed by atoms with van der Waals surface area (Å²) in [4.78, 5) is 17.3. The van der Waals surface area contributed by atoms with Crippen LogP contribution in [-0.2, 0) is 0 Å². The predicted molar refractivity (Wildman–Crippen MR) is 79.4 cm³/mol. The van der Waals surface area contributed by atoms with Crippen molar-refractivity contribution in [3.05, 3.63) is 66.6 Å². The number of aromatic nitrogens is 2. The topological polar surface area (TPSA) is 37.6 Å². The number of carbonyl (C=O) groups excluding carboxylic acids is 1. The van der Waals surface area contributed by atoms with Crippen molar-refractivity contribution < 1.29 is 18.0 Å². The van der Waals surface area contributed by atoms with Gasteiger partial charge in [-0.15, -0.1) is 0 Å². The Hall–Kier alpha value is -2.83. The van der Waals surface area contributed by atoms with Gasteiger partial charge in [0.15, 0.2) is 0 Å². The molecule has 0 spiro atoms. The Morgan fingerprint density at radius 1 is 1.13 bits per heavy atom. The fourth-order valence-corrected chi connectivity index (χ4v) is 2.27. The number of benzene rings is 1. The molecule has 0 aliphatic rings. The summed E-state index contributed by atoms with van der Waals surface area (Å²) < 4.78 is 40.2. The van der Waals surface area contributed by atoms with Crippen LogP contribution in [0.3, 0.4) is 0 Å². The fraction of sp³-hybridized carbons (Fsp3) is 0.125. The lowest BCUT2D eigenvalue weighted by Gasteiger charge is -2.24. The monoisotopic (exact) mass is 319 g/mol. The van der Waals surface area contributed by atoms with Gasteiger partial charge in [0, 0.05) is 24.3 Å². The first-order chi connectivity index (χ1) is 10.9. The molecule has 0 atom stereocenters. The molecule has 0 N–H and O–H groups in total. The third-order valence-corrected chi connectivity index (χ3v) is 3.29. The van der Waals surface area contributed by atoms with Crippen LogP contribution in [0.1, 0.15) is 10.4 Å². The van der Waals surface area contributed by atoms with Crippen LogP contribution in [0.2, 0.25) is 0 Å². The maximum absolute atomic E-state index is 12.9. The van der Waals surface area contributed by atoms with Crippen LogP contribution in [0.25, 0.3) is 5.65 Å². The molecule has 0 radical (unpaired) electrons. The summed E-state index contributed by atoms with van der Waals surface area (Å²) >= 11 is 0. The second kappa shape index (κ2) is 5.75. The number of nitrogens with zero attached hydrogens (tertiary/aromatic N) is 3. The molecule has 2 heterocycles. The Labute approximate surface area is 129 Å². The summed E-state index contributed by atoms with van der Waals surface area (Å²) in [6.07, 6.45) is 0.151. The lowest BCUT2D eigenvalue weighted by Crippen LogP contribution is -2.39. The van der Waals surface area contributed by atoms with Crippen molar-refractivity contribution in [3.8, 4) is 0 Å². The van der Waals surface area contributed by atoms with Gasteiger partial charge in [-0.05, 0) is 24.3 Å². The molecule has 0 aliphatic carbocycles. The zero-order valence-corrected chi connectivity index (χ0v) is 11.9. The number of amides is 1. The molecular weight excluding hydrogens is 307 g/mol. The molecule has 0 unspecified atom stereocenters. The van der Waals surface area contributed by atoms with Gasteiger partial charge in [-0.3, -0.25) is 9.69 Å². The van der Waals surface area contributed by atoms with E-state index >= 15 is 0 Å². The molecule has 0 bridgehead atoms. The van der Waals surface area contributed by atoms with Gasteiger partial charge in [0.2, 0.25) is 0 Å². The highest BCUT2D eigenvalue weighted by molar-refractivity contribution is 6.06. The van der Waals surface area contributed by atoms with E-state index in [4.69, 9.17) is 0 Å². The number of para-hydroxylation sites is 1. The molecule has 1 amide bonds. The van der Waals surface area contributed by atoms with Crippen molar-refractivity contribution in [2.75, 3.05) is 11.4 Å². The summed E-state index contributed by atoms with van der Waals surface area (Å²) in [5, 5.41) is 0. The summed E-state index contributed by atoms with van der Waals surface area (Å²) in [7, 11) is 0. The molecule has 4 nitrogen and oxygen atoms in total. The number of hydrogen-bond donors (Lipinski definition) is 0. The molecule has 2 aromatic heterocycles. The molecular formula is C16H12F3N3O. The first kappa shape index (κ1) is 15.1. The van der Waals surface area contributed by atoms with Crippen LogP contribution in [-0.4, -0.2) is 28.0 Å². The number of imidazole rings is 1. The molecule has 0 aliphatic heterocycles. The fourth-order valence-electron chi connectivity index (χ4n) is 2.27. The number of halogens is 3. The Morgan fingerprint density at radius 2 is 1.87 bits per heavy atom. The first-order valence-electron chi connectivity index (χ1n) is 6.80. The molecule has 3 aromatic rings. The summed E-state index contributed by atoms with van der Waals surface area (Å²) in [6.45, 7) is -1.35. The molecule has 0 fully saturated rings. The SMILES string of the molecule is O=C(c1ccc2nccn2c1)N(CC(F)(F)F)c1ccccc1. The van der Waals surface area contributed by atoms with Crippen LogP contribution in [0.5, 0.6) is 0 Å². The molecule has 0 saturated carbocycles. The van der Waals surface area contributed by atoms with Crippen LogP contribution in [0, 0.1) is 0 Å². The van der Waals surface area contributed by atoms with E-state index in [1.165, 1.54) is 24.4 Å². The highest BCUT2D eigenvalue weighted by atomic mass is 19.4. The second-order valence-electron chi connectivity index (χ2n) is 4.95. The molecule has 7 heteroatoms. The van der Waals surface area contributed by atoms with Crippen molar-refractivity contribution in [2.45, 2.75) is 6.18 Å². The number of rotatable bonds is 3. The molecule has 0 saturated heterocycles. The van der Waals surface area contributed by atoms with E-state index in [2.05, 4.69) is 4.98 Å². The lowest BCUT2D eigenvalue weighted by atomic mass is 10.2. The van der Waals surface area contributed by atoms with Crippen molar-refractivity contribution in [1.82, 2.24) is 9.38 Å². The van der Waals surface area contributed by atoms with Gasteiger partial charge in [-0.25, -0.2) is 4.98 Å². The van der Waals surface area contributed by atoms with Gasteiger partial charge in [0.05, 0.1) is 5.56 Å². The van der Waals surface area contributed by atoms with Crippen LogP contribution < -0.4 is 4.90 Å². The number of anilines is 1. The van der Waals surface area contributed by atoms with Crippen molar-refractivity contribution in [3.63, 3.8) is 0 Å². The van der Waals surface area contributed by atoms with E-state index in [9.17, 15) is 18.0 Å². The molecule has 23 heavy (non-hydrogen) atoms. The summed E-state index contributed by atoms with van der Waals surface area (Å²) in [5.41, 5.74) is 0.966. The third kappa shape index (κ3) is 3.33. The summed E-state index contributed by atoms with van der Waals surface area (Å²) in [6, 6.07) is 10.9. The van der Waals surface area contributed by atoms with Crippen molar-refractivity contribution in [1.29, 1.82) is 0 Å². The van der Waals surface area contributed by atoms with Crippen molar-refractivity contribution in [2.24, 2.45) is 0 Å². The Morgan fingerprint density at radius 3 is 2.57 bits per heavy atom. The Kier molecular flexibility index (Phi) is 3.77. The minimum atomic E-state index is -4.50. The van der Waals surface area contributed by atoms with Crippen molar-refractivity contribution >= 4 is 17.2 Å². The average molecular weight is 319 g/mol. The number of alkyl halides is 3. The molecule has 118 valence electrons. The zero-order valence-electron chi connectivity index (χ0n) is 11.9. The van der Waals surface area contributed by atoms with Crippen LogP contribution in [0.4, 0.5) is 18.9 Å². The summed E-state index contributed by atoms with van der Waals surface area (Å²) in [5.74, 6) is -0.718. The third-order valence-electron chi connectivity index (χ3n) is 3.29. The van der Waals surface area contributed by atoms with Gasteiger partial charge in [-0.2, -0.15) is 13.2 Å². The van der Waals surface area contributed by atoms with Gasteiger partial charge >= 0.3 is 6.18 Å². The standard InChI is InChI=1S/C16H12F3N3O/c17-16(18,19)11-22(13-4-2-1-3-5-13)15(23)12-6-7-14-20-8-9-21(14)10-12/h1-10H,11H2. The maximum Gasteiger partial charge on any atom is 0.406 e. The lowest BCUT2D eigenvalue weighted by molar-refractivity contribution is -0.118. The van der Waals surface area contributed by atoms with Crippen LogP contribution in [0.15, 0.2) is 61.1 Å². The predicted octanol–water partition coefficient (Wildman–Crippen LogP) is 3.54. The van der Waals surface area contributed by atoms with E-state index in [0.717, 1.165) is 4.90 Å². The second-order valence-corrected chi connectivity index (χ2v) is 4.95. The largest absolute Gasteiger partial charge is 0.406 e. The molecule has 1 aromatic carbocycles. The minimum absolute atomic E-state index is 0.156. The maximum atomic E-state index is 12.9. The molecule has 3 rings (SSSR count). The first-order valence-corrected chi connectivity index (χ1v) is 6.80. The Bertz CT molecular complexity index is 827. The normalized spacial score (nSPS) is 11.6. The smallest absolute Gasteiger partial charge is 0.306 e. The van der Waals surface area contributed by atoms with E-state index in [0.29, 0.717) is 5.65 Å². The van der Waals surface area contributed by atoms with E-state index in [1.54, 1.807) is 41.1 Å². The number of pyridine rings is 1. The minimum Gasteiger partial charge on any atom is -0.306 e. The van der Waals surface area contributed by atoms with Crippen LogP contribution >= 0.6 is 0 Å². The highest BCUT2D eigenvalue weighted by Gasteiger charge is 2.34.